The van der Waals surface area contributed by atoms with Crippen molar-refractivity contribution in [3.63, 3.8) is 0 Å². The van der Waals surface area contributed by atoms with E-state index in [-0.39, 0.29) is 29.0 Å². The Morgan fingerprint density at radius 3 is 1.75 bits per heavy atom. The number of aryl methyl sites for hydroxylation is 1. The van der Waals surface area contributed by atoms with E-state index in [2.05, 4.69) is 27.1 Å². The van der Waals surface area contributed by atoms with Gasteiger partial charge in [0.2, 0.25) is 0 Å². The molecule has 0 aromatic heterocycles. The minimum atomic E-state index is -0.473. The van der Waals surface area contributed by atoms with Gasteiger partial charge in [0.15, 0.2) is 6.29 Å². The average Bonchev–Trinajstić information content (AvgIpc) is 3.06. The van der Waals surface area contributed by atoms with Crippen molar-refractivity contribution in [3.05, 3.63) is 68.7 Å². The van der Waals surface area contributed by atoms with Crippen LogP contribution in [0.4, 0.5) is 9.59 Å². The molecule has 282 valence electrons. The molecule has 15 heteroatoms. The van der Waals surface area contributed by atoms with Crippen molar-refractivity contribution >= 4 is 53.8 Å². The highest BCUT2D eigenvalue weighted by molar-refractivity contribution is 6.33. The second-order valence-corrected chi connectivity index (χ2v) is 14.3. The Morgan fingerprint density at radius 2 is 1.31 bits per heavy atom. The highest BCUT2D eigenvalue weighted by atomic mass is 35.5. The monoisotopic (exact) mass is 752 g/mol. The number of benzene rings is 2. The van der Waals surface area contributed by atoms with Crippen molar-refractivity contribution in [2.24, 2.45) is 0 Å². The maximum absolute atomic E-state index is 12.0. The van der Waals surface area contributed by atoms with Crippen molar-refractivity contribution in [3.8, 4) is 0 Å². The molecule has 0 aliphatic carbocycles. The molecule has 2 saturated heterocycles. The van der Waals surface area contributed by atoms with E-state index < -0.39 is 11.6 Å². The van der Waals surface area contributed by atoms with Crippen LogP contribution in [-0.4, -0.2) is 116 Å². The lowest BCUT2D eigenvalue weighted by Crippen LogP contribution is -2.49. The number of hydrogen-bond donors (Lipinski definition) is 1. The zero-order valence-electron chi connectivity index (χ0n) is 30.7. The maximum atomic E-state index is 12.0. The number of nitrogens with one attached hydrogen (secondary N) is 1. The summed E-state index contributed by atoms with van der Waals surface area (Å²) in [4.78, 5) is 67.0. The molecule has 4 rings (SSSR count). The van der Waals surface area contributed by atoms with E-state index in [0.717, 1.165) is 56.4 Å². The molecule has 2 amide bonds. The van der Waals surface area contributed by atoms with E-state index in [4.69, 9.17) is 42.3 Å². The molecule has 0 bridgehead atoms. The first-order valence-corrected chi connectivity index (χ1v) is 17.1. The fourth-order valence-corrected chi connectivity index (χ4v) is 5.00. The largest absolute Gasteiger partial charge is 0.465 e. The zero-order valence-corrected chi connectivity index (χ0v) is 32.2. The van der Waals surface area contributed by atoms with Crippen molar-refractivity contribution < 1.29 is 43.0 Å². The number of aldehydes is 1. The highest BCUT2D eigenvalue weighted by Crippen LogP contribution is 2.21. The van der Waals surface area contributed by atoms with E-state index in [1.165, 1.54) is 30.9 Å². The van der Waals surface area contributed by atoms with Crippen LogP contribution in [0.25, 0.3) is 0 Å². The van der Waals surface area contributed by atoms with Gasteiger partial charge >= 0.3 is 24.3 Å². The van der Waals surface area contributed by atoms with Crippen molar-refractivity contribution in [1.29, 1.82) is 0 Å². The summed E-state index contributed by atoms with van der Waals surface area (Å²) in [5, 5.41) is 4.25. The van der Waals surface area contributed by atoms with Gasteiger partial charge in [-0.1, -0.05) is 35.3 Å². The molecule has 1 N–H and O–H groups in total. The second-order valence-electron chi connectivity index (χ2n) is 13.5. The molecule has 2 fully saturated rings. The van der Waals surface area contributed by atoms with Crippen LogP contribution in [0, 0.1) is 6.92 Å². The third-order valence-corrected chi connectivity index (χ3v) is 7.62. The normalized spacial score (nSPS) is 14.5. The molecule has 0 spiro atoms. The number of carbonyl (C=O) groups excluding carboxylic acids is 6. The molecule has 2 aliphatic rings. The van der Waals surface area contributed by atoms with Gasteiger partial charge in [-0.3, -0.25) is 9.69 Å². The topological polar surface area (TPSA) is 152 Å². The van der Waals surface area contributed by atoms with Gasteiger partial charge in [0.1, 0.15) is 11.2 Å². The van der Waals surface area contributed by atoms with Gasteiger partial charge in [-0.15, -0.1) is 0 Å². The van der Waals surface area contributed by atoms with E-state index in [1.54, 1.807) is 9.80 Å². The van der Waals surface area contributed by atoms with Crippen molar-refractivity contribution in [2.45, 2.75) is 66.2 Å². The Labute approximate surface area is 310 Å². The number of rotatable bonds is 4. The number of amides is 2. The highest BCUT2D eigenvalue weighted by Gasteiger charge is 2.26. The summed E-state index contributed by atoms with van der Waals surface area (Å²) in [5.74, 6) is -0.473. The minimum Gasteiger partial charge on any atom is -0.465 e. The Kier molecular flexibility index (Phi) is 19.5. The van der Waals surface area contributed by atoms with Crippen LogP contribution >= 0.6 is 23.2 Å². The molecule has 0 unspecified atom stereocenters. The van der Waals surface area contributed by atoms with Crippen molar-refractivity contribution in [2.75, 3.05) is 59.5 Å². The van der Waals surface area contributed by atoms with Crippen LogP contribution < -0.4 is 5.32 Å². The number of piperazine rings is 2. The number of nitrogens with zero attached hydrogens (tertiary/aromatic N) is 3. The van der Waals surface area contributed by atoms with Crippen LogP contribution in [0.2, 0.25) is 10.0 Å². The van der Waals surface area contributed by atoms with Gasteiger partial charge in [0.25, 0.3) is 0 Å². The fourth-order valence-electron chi connectivity index (χ4n) is 4.48. The lowest BCUT2D eigenvalue weighted by atomic mass is 10.1. The summed E-state index contributed by atoms with van der Waals surface area (Å²) in [6, 6.07) is 10.5. The van der Waals surface area contributed by atoms with E-state index >= 15 is 0 Å². The minimum absolute atomic E-state index is 0.200. The molecule has 13 nitrogen and oxygen atoms in total. The summed E-state index contributed by atoms with van der Waals surface area (Å²) in [6.07, 6.45) is 0.457. The summed E-state index contributed by atoms with van der Waals surface area (Å²) < 4.78 is 15.1. The van der Waals surface area contributed by atoms with Gasteiger partial charge in [-0.05, 0) is 83.9 Å². The second kappa shape index (κ2) is 22.0. The summed E-state index contributed by atoms with van der Waals surface area (Å²) in [5.41, 5.74) is 2.17. The molecule has 0 atom stereocenters. The lowest BCUT2D eigenvalue weighted by molar-refractivity contribution is -0.191. The fraction of sp³-hybridized carbons (Fsp3) is 0.528. The number of halogens is 2. The molecule has 2 aromatic carbocycles. The zero-order chi connectivity index (χ0) is 38.8. The predicted octanol–water partition coefficient (Wildman–Crippen LogP) is 5.88. The Balaban J connectivity index is 0.000000387. The molecule has 2 aromatic rings. The first-order chi connectivity index (χ1) is 23.8. The maximum Gasteiger partial charge on any atom is 0.410 e. The van der Waals surface area contributed by atoms with E-state index in [1.807, 2.05) is 54.5 Å². The lowest BCUT2D eigenvalue weighted by Gasteiger charge is -2.35. The third kappa shape index (κ3) is 18.2. The van der Waals surface area contributed by atoms with Crippen LogP contribution in [0.15, 0.2) is 36.4 Å². The average molecular weight is 754 g/mol. The number of methoxy groups -OCH3 is 1. The third-order valence-electron chi connectivity index (χ3n) is 6.94. The van der Waals surface area contributed by atoms with E-state index in [9.17, 15) is 19.2 Å². The van der Waals surface area contributed by atoms with Gasteiger partial charge in [0.05, 0.1) is 17.7 Å². The number of ether oxygens (including phenoxy) is 3. The van der Waals surface area contributed by atoms with Crippen LogP contribution in [0.3, 0.4) is 0 Å². The molecular formula is C36H50Cl2N4O9. The smallest absolute Gasteiger partial charge is 0.410 e. The van der Waals surface area contributed by atoms with Crippen LogP contribution in [-0.2, 0) is 30.3 Å². The summed E-state index contributed by atoms with van der Waals surface area (Å²) in [7, 11) is 1.28. The van der Waals surface area contributed by atoms with Crippen LogP contribution in [0.1, 0.15) is 73.4 Å². The van der Waals surface area contributed by atoms with Gasteiger partial charge in [-0.25, -0.2) is 14.4 Å². The quantitative estimate of drug-likeness (QED) is 0.226. The number of esters is 1. The molecule has 2 aliphatic heterocycles. The van der Waals surface area contributed by atoms with Crippen LogP contribution in [0.5, 0.6) is 0 Å². The Bertz CT molecular complexity index is 1470. The predicted molar refractivity (Wildman–Crippen MR) is 193 cm³/mol. The standard InChI is InChI=1S/C17H25ClN2O2.C9H7ClO3.C9H18N2O2.CO2/c1-13-5-6-14(15(18)11-13)12-19-7-9-20(10-8-19)16(21)22-17(2,3)4;1-13-9(12)6-2-3-7(5-11)8(10)4-6;1-9(2,3)13-8(12)11-6-4-10-5-7-11;2-1-3/h5-6,11H,7-10,12H2,1-4H3;2-5H,1H3;10H,4-7H2,1-3H3;. The molecule has 2 heterocycles. The van der Waals surface area contributed by atoms with E-state index in [0.29, 0.717) is 30.5 Å². The SMILES string of the molecule is CC(C)(C)OC(=O)N1CCNCC1.COC(=O)c1ccc(C=O)c(Cl)c1.Cc1ccc(CN2CCN(C(=O)OC(C)(C)C)CC2)c(Cl)c1.O=C=O. The number of carbonyl (C=O) groups is 4. The molecular weight excluding hydrogens is 703 g/mol. The van der Waals surface area contributed by atoms with Gasteiger partial charge in [-0.2, -0.15) is 9.59 Å². The Hall–Kier alpha value is -4.00. The van der Waals surface area contributed by atoms with Gasteiger partial charge in [0, 0.05) is 69.5 Å². The Morgan fingerprint density at radius 1 is 0.804 bits per heavy atom. The summed E-state index contributed by atoms with van der Waals surface area (Å²) in [6.45, 7) is 20.4. The molecule has 0 radical (unpaired) electrons. The first-order valence-electron chi connectivity index (χ1n) is 16.3. The molecule has 0 saturated carbocycles. The van der Waals surface area contributed by atoms with Crippen molar-refractivity contribution in [1.82, 2.24) is 20.0 Å². The molecule has 51 heavy (non-hydrogen) atoms. The van der Waals surface area contributed by atoms with Gasteiger partial charge < -0.3 is 29.3 Å². The summed E-state index contributed by atoms with van der Waals surface area (Å²) >= 11 is 12.0. The first kappa shape index (κ1) is 45.0. The number of hydrogen-bond acceptors (Lipinski definition) is 11.